The molecule has 0 atom stereocenters. The number of fused-ring (bicyclic) bond motifs is 1. The molecule has 0 unspecified atom stereocenters. The summed E-state index contributed by atoms with van der Waals surface area (Å²) in [6, 6.07) is 5.65. The van der Waals surface area contributed by atoms with Crippen molar-refractivity contribution >= 4 is 49.0 Å². The molecule has 62 valence electrons. The highest BCUT2D eigenvalue weighted by Gasteiger charge is 2.10. The third-order valence-corrected chi connectivity index (χ3v) is 3.49. The van der Waals surface area contributed by atoms with Crippen LogP contribution >= 0.6 is 33.9 Å². The Morgan fingerprint density at radius 2 is 2.17 bits per heavy atom. The van der Waals surface area contributed by atoms with Crippen molar-refractivity contribution in [3.05, 3.63) is 27.6 Å². The molecule has 0 fully saturated rings. The van der Waals surface area contributed by atoms with E-state index in [9.17, 15) is 4.39 Å². The fraction of sp³-hybridized carbons (Fsp3) is 0. The van der Waals surface area contributed by atoms with Crippen LogP contribution < -0.4 is 5.73 Å². The fourth-order valence-electron chi connectivity index (χ4n) is 1.09. The molecule has 0 amide bonds. The minimum Gasteiger partial charge on any atom is -0.388 e. The maximum absolute atomic E-state index is 13.3. The number of hydrogen-bond acceptors (Lipinski definition) is 2. The Morgan fingerprint density at radius 1 is 1.42 bits per heavy atom. The summed E-state index contributed by atoms with van der Waals surface area (Å²) >= 11 is 3.40. The van der Waals surface area contributed by atoms with Crippen molar-refractivity contribution in [3.8, 4) is 0 Å². The van der Waals surface area contributed by atoms with E-state index in [1.54, 1.807) is 0 Å². The quantitative estimate of drug-likeness (QED) is 0.741. The largest absolute Gasteiger partial charge is 0.388 e. The van der Waals surface area contributed by atoms with E-state index in [0.717, 1.165) is 8.27 Å². The Hall–Kier alpha value is -0.360. The van der Waals surface area contributed by atoms with Gasteiger partial charge in [0.1, 0.15) is 5.00 Å². The first-order valence-corrected chi connectivity index (χ1v) is 5.21. The number of benzene rings is 1. The fourth-order valence-corrected chi connectivity index (χ4v) is 2.88. The van der Waals surface area contributed by atoms with E-state index in [0.29, 0.717) is 5.39 Å². The molecular weight excluding hydrogens is 288 g/mol. The molecule has 1 nitrogen and oxygen atoms in total. The van der Waals surface area contributed by atoms with E-state index in [1.165, 1.54) is 11.3 Å². The minimum atomic E-state index is -0.278. The van der Waals surface area contributed by atoms with E-state index in [1.807, 2.05) is 18.2 Å². The topological polar surface area (TPSA) is 26.0 Å². The number of thiophene rings is 1. The third-order valence-electron chi connectivity index (χ3n) is 1.63. The normalized spacial score (nSPS) is 10.8. The Labute approximate surface area is 86.5 Å². The monoisotopic (exact) mass is 293 g/mol. The van der Waals surface area contributed by atoms with Crippen molar-refractivity contribution in [1.82, 2.24) is 0 Å². The predicted octanol–water partition coefficient (Wildman–Crippen LogP) is 3.23. The minimum absolute atomic E-state index is 0.272. The number of anilines is 1. The van der Waals surface area contributed by atoms with Gasteiger partial charge in [0.15, 0.2) is 5.82 Å². The van der Waals surface area contributed by atoms with Crippen LogP contribution in [-0.2, 0) is 0 Å². The van der Waals surface area contributed by atoms with E-state index in [2.05, 4.69) is 22.6 Å². The number of nitrogen functional groups attached to an aromatic ring is 1. The molecule has 4 heteroatoms. The summed E-state index contributed by atoms with van der Waals surface area (Å²) in [5.41, 5.74) is 5.46. The lowest BCUT2D eigenvalue weighted by molar-refractivity contribution is 0.647. The van der Waals surface area contributed by atoms with Crippen LogP contribution in [0, 0.1) is 9.39 Å². The Balaban J connectivity index is 2.97. The summed E-state index contributed by atoms with van der Waals surface area (Å²) in [6.07, 6.45) is 0. The second-order valence-electron chi connectivity index (χ2n) is 2.39. The van der Waals surface area contributed by atoms with Crippen LogP contribution in [0.1, 0.15) is 0 Å². The standard InChI is InChI=1S/C8H5FINS/c9-7-6-4(10)2-1-3-5(6)12-8(7)11/h1-3H,11H2. The Kier molecular flexibility index (Phi) is 1.96. The Morgan fingerprint density at radius 3 is 2.83 bits per heavy atom. The van der Waals surface area contributed by atoms with E-state index < -0.39 is 0 Å². The average Bonchev–Trinajstić information content (AvgIpc) is 2.29. The molecule has 0 aliphatic heterocycles. The van der Waals surface area contributed by atoms with Crippen molar-refractivity contribution in [2.24, 2.45) is 0 Å². The van der Waals surface area contributed by atoms with Crippen LogP contribution in [0.25, 0.3) is 10.1 Å². The zero-order valence-corrected chi connectivity index (χ0v) is 8.95. The molecule has 1 aromatic carbocycles. The molecule has 0 aliphatic rings. The van der Waals surface area contributed by atoms with Crippen molar-refractivity contribution in [3.63, 3.8) is 0 Å². The molecule has 2 rings (SSSR count). The summed E-state index contributed by atoms with van der Waals surface area (Å²) in [6.45, 7) is 0. The molecule has 0 spiro atoms. The number of rotatable bonds is 0. The number of hydrogen-bond donors (Lipinski definition) is 1. The van der Waals surface area contributed by atoms with Crippen LogP contribution in [0.3, 0.4) is 0 Å². The molecule has 1 aromatic heterocycles. The highest BCUT2D eigenvalue weighted by Crippen LogP contribution is 2.34. The number of nitrogens with two attached hydrogens (primary N) is 1. The van der Waals surface area contributed by atoms with Crippen molar-refractivity contribution in [2.75, 3.05) is 5.73 Å². The van der Waals surface area contributed by atoms with Gasteiger partial charge in [0, 0.05) is 13.7 Å². The van der Waals surface area contributed by atoms with Gasteiger partial charge in [-0.3, -0.25) is 0 Å². The summed E-state index contributed by atoms with van der Waals surface area (Å²) in [5, 5.41) is 0.926. The first-order valence-electron chi connectivity index (χ1n) is 3.32. The summed E-state index contributed by atoms with van der Waals surface area (Å²) in [4.78, 5) is 0. The second kappa shape index (κ2) is 2.85. The molecule has 1 heterocycles. The maximum atomic E-state index is 13.3. The van der Waals surface area contributed by atoms with Gasteiger partial charge >= 0.3 is 0 Å². The molecule has 2 aromatic rings. The Bertz CT molecular complexity index is 438. The van der Waals surface area contributed by atoms with Gasteiger partial charge in [-0.1, -0.05) is 6.07 Å². The predicted molar refractivity (Wildman–Crippen MR) is 58.9 cm³/mol. The lowest BCUT2D eigenvalue weighted by atomic mass is 10.2. The van der Waals surface area contributed by atoms with Crippen molar-refractivity contribution in [2.45, 2.75) is 0 Å². The highest BCUT2D eigenvalue weighted by atomic mass is 127. The van der Waals surface area contributed by atoms with Gasteiger partial charge < -0.3 is 5.73 Å². The van der Waals surface area contributed by atoms with Gasteiger partial charge in [-0.2, -0.15) is 0 Å². The zero-order chi connectivity index (χ0) is 8.72. The summed E-state index contributed by atoms with van der Waals surface area (Å²) < 4.78 is 15.1. The second-order valence-corrected chi connectivity index (χ2v) is 4.64. The maximum Gasteiger partial charge on any atom is 0.166 e. The molecule has 12 heavy (non-hydrogen) atoms. The van der Waals surface area contributed by atoms with Gasteiger partial charge in [0.05, 0.1) is 0 Å². The SMILES string of the molecule is Nc1sc2cccc(I)c2c1F. The summed E-state index contributed by atoms with van der Waals surface area (Å²) in [5.74, 6) is -0.278. The lowest BCUT2D eigenvalue weighted by Gasteiger charge is -1.91. The van der Waals surface area contributed by atoms with E-state index in [4.69, 9.17) is 5.73 Å². The van der Waals surface area contributed by atoms with Gasteiger partial charge in [0.2, 0.25) is 0 Å². The van der Waals surface area contributed by atoms with Crippen molar-refractivity contribution < 1.29 is 4.39 Å². The molecule has 0 saturated heterocycles. The van der Waals surface area contributed by atoms with Crippen LogP contribution in [0.4, 0.5) is 9.39 Å². The first kappa shape index (κ1) is 8.25. The average molecular weight is 293 g/mol. The van der Waals surface area contributed by atoms with Gasteiger partial charge in [-0.25, -0.2) is 4.39 Å². The zero-order valence-electron chi connectivity index (χ0n) is 5.97. The van der Waals surface area contributed by atoms with Gasteiger partial charge in [-0.15, -0.1) is 11.3 Å². The van der Waals surface area contributed by atoms with Crippen LogP contribution in [-0.4, -0.2) is 0 Å². The van der Waals surface area contributed by atoms with Crippen molar-refractivity contribution in [1.29, 1.82) is 0 Å². The molecule has 0 radical (unpaired) electrons. The lowest BCUT2D eigenvalue weighted by Crippen LogP contribution is -1.82. The molecule has 0 aliphatic carbocycles. The highest BCUT2D eigenvalue weighted by molar-refractivity contribution is 14.1. The van der Waals surface area contributed by atoms with Crippen LogP contribution in [0.5, 0.6) is 0 Å². The third kappa shape index (κ3) is 1.09. The van der Waals surface area contributed by atoms with Crippen LogP contribution in [0.15, 0.2) is 18.2 Å². The summed E-state index contributed by atoms with van der Waals surface area (Å²) in [7, 11) is 0. The molecular formula is C8H5FINS. The number of halogens is 2. The van der Waals surface area contributed by atoms with Gasteiger partial charge in [0.25, 0.3) is 0 Å². The smallest absolute Gasteiger partial charge is 0.166 e. The molecule has 2 N–H and O–H groups in total. The van der Waals surface area contributed by atoms with Crippen LogP contribution in [0.2, 0.25) is 0 Å². The van der Waals surface area contributed by atoms with E-state index in [-0.39, 0.29) is 10.8 Å². The first-order chi connectivity index (χ1) is 5.70. The van der Waals surface area contributed by atoms with E-state index >= 15 is 0 Å². The molecule has 0 bridgehead atoms. The van der Waals surface area contributed by atoms with Gasteiger partial charge in [-0.05, 0) is 34.7 Å². The molecule has 0 saturated carbocycles.